The third-order valence-corrected chi connectivity index (χ3v) is 4.33. The van der Waals surface area contributed by atoms with Crippen molar-refractivity contribution in [3.8, 4) is 0 Å². The molecule has 1 N–H and O–H groups in total. The number of nitrogens with zero attached hydrogens (tertiary/aromatic N) is 4. The Balaban J connectivity index is 1.69. The Bertz CT molecular complexity index is 776. The number of nitrogens with one attached hydrogen (secondary N) is 1. The highest BCUT2D eigenvalue weighted by Crippen LogP contribution is 2.20. The number of carbonyl (C=O) groups excluding carboxylic acids is 1. The number of anilines is 2. The maximum Gasteiger partial charge on any atom is 0.263 e. The first-order valence-electron chi connectivity index (χ1n) is 8.08. The molecule has 1 saturated heterocycles. The van der Waals surface area contributed by atoms with Crippen LogP contribution in [0, 0.1) is 5.92 Å². The van der Waals surface area contributed by atoms with Gasteiger partial charge in [0.25, 0.3) is 11.5 Å². The van der Waals surface area contributed by atoms with Gasteiger partial charge in [-0.3, -0.25) is 9.59 Å². The normalized spacial score (nSPS) is 15.3. The highest BCUT2D eigenvalue weighted by atomic mass is 16.2. The maximum absolute atomic E-state index is 12.2. The van der Waals surface area contributed by atoms with E-state index in [1.807, 2.05) is 0 Å². The number of amides is 1. The quantitative estimate of drug-likeness (QED) is 0.927. The summed E-state index contributed by atoms with van der Waals surface area (Å²) in [4.78, 5) is 35.0. The molecule has 24 heavy (non-hydrogen) atoms. The first-order valence-corrected chi connectivity index (χ1v) is 8.08. The molecule has 0 aromatic carbocycles. The maximum atomic E-state index is 12.2. The van der Waals surface area contributed by atoms with Crippen LogP contribution in [0.1, 0.15) is 30.1 Å². The topological polar surface area (TPSA) is 80.1 Å². The third kappa shape index (κ3) is 3.45. The van der Waals surface area contributed by atoms with Crippen LogP contribution in [0.3, 0.4) is 0 Å². The molecule has 0 bridgehead atoms. The van der Waals surface area contributed by atoms with Crippen molar-refractivity contribution in [1.29, 1.82) is 0 Å². The van der Waals surface area contributed by atoms with Gasteiger partial charge < -0.3 is 14.8 Å². The van der Waals surface area contributed by atoms with E-state index in [-0.39, 0.29) is 11.1 Å². The molecule has 0 radical (unpaired) electrons. The molecule has 1 aliphatic rings. The zero-order valence-corrected chi connectivity index (χ0v) is 13.9. The van der Waals surface area contributed by atoms with E-state index in [1.165, 1.54) is 10.6 Å². The number of pyridine rings is 1. The third-order valence-electron chi connectivity index (χ3n) is 4.33. The molecule has 2 aromatic heterocycles. The molecule has 3 heterocycles. The van der Waals surface area contributed by atoms with Crippen molar-refractivity contribution in [2.24, 2.45) is 13.0 Å². The largest absolute Gasteiger partial charge is 0.341 e. The predicted molar refractivity (Wildman–Crippen MR) is 92.3 cm³/mol. The van der Waals surface area contributed by atoms with Gasteiger partial charge in [-0.1, -0.05) is 6.92 Å². The van der Waals surface area contributed by atoms with Crippen LogP contribution in [0.15, 0.2) is 35.5 Å². The van der Waals surface area contributed by atoms with Crippen LogP contribution in [0.5, 0.6) is 0 Å². The molecule has 0 spiro atoms. The van der Waals surface area contributed by atoms with Crippen LogP contribution in [0.25, 0.3) is 0 Å². The van der Waals surface area contributed by atoms with Crippen LogP contribution in [0.2, 0.25) is 0 Å². The summed E-state index contributed by atoms with van der Waals surface area (Å²) in [6.07, 6.45) is 7.03. The lowest BCUT2D eigenvalue weighted by atomic mass is 10.00. The van der Waals surface area contributed by atoms with Gasteiger partial charge in [-0.05, 0) is 30.9 Å². The van der Waals surface area contributed by atoms with Crippen molar-refractivity contribution in [3.63, 3.8) is 0 Å². The number of aryl methyl sites for hydroxylation is 1. The van der Waals surface area contributed by atoms with Crippen LogP contribution >= 0.6 is 0 Å². The molecule has 3 rings (SSSR count). The average molecular weight is 327 g/mol. The Morgan fingerprint density at radius 1 is 1.25 bits per heavy atom. The van der Waals surface area contributed by atoms with E-state index in [2.05, 4.69) is 27.1 Å². The molecule has 0 atom stereocenters. The summed E-state index contributed by atoms with van der Waals surface area (Å²) < 4.78 is 1.37. The highest BCUT2D eigenvalue weighted by Gasteiger charge is 2.18. The molecule has 7 nitrogen and oxygen atoms in total. The monoisotopic (exact) mass is 327 g/mol. The van der Waals surface area contributed by atoms with Crippen molar-refractivity contribution < 1.29 is 4.79 Å². The van der Waals surface area contributed by atoms with Gasteiger partial charge in [0.15, 0.2) is 0 Å². The second-order valence-corrected chi connectivity index (χ2v) is 6.23. The summed E-state index contributed by atoms with van der Waals surface area (Å²) in [5, 5.41) is 2.67. The first-order chi connectivity index (χ1) is 11.5. The summed E-state index contributed by atoms with van der Waals surface area (Å²) in [6, 6.07) is 3.16. The minimum absolute atomic E-state index is 0.0918. The van der Waals surface area contributed by atoms with Gasteiger partial charge in [0.05, 0.1) is 18.1 Å². The zero-order chi connectivity index (χ0) is 17.1. The summed E-state index contributed by atoms with van der Waals surface area (Å²) in [6.45, 7) is 4.16. The summed E-state index contributed by atoms with van der Waals surface area (Å²) in [7, 11) is 1.61. The molecule has 7 heteroatoms. The number of hydrogen-bond acceptors (Lipinski definition) is 5. The van der Waals surface area contributed by atoms with Gasteiger partial charge in [-0.15, -0.1) is 0 Å². The second-order valence-electron chi connectivity index (χ2n) is 6.23. The molecule has 2 aromatic rings. The lowest BCUT2D eigenvalue weighted by Gasteiger charge is -2.30. The highest BCUT2D eigenvalue weighted by molar-refractivity contribution is 6.03. The predicted octanol–water partition coefficient (Wildman–Crippen LogP) is 1.66. The Morgan fingerprint density at radius 2 is 1.92 bits per heavy atom. The number of rotatable bonds is 3. The van der Waals surface area contributed by atoms with Gasteiger partial charge in [0.2, 0.25) is 5.95 Å². The van der Waals surface area contributed by atoms with Crippen LogP contribution in [-0.2, 0) is 7.05 Å². The second kappa shape index (κ2) is 6.82. The van der Waals surface area contributed by atoms with Gasteiger partial charge in [-0.25, -0.2) is 9.97 Å². The van der Waals surface area contributed by atoms with E-state index in [9.17, 15) is 9.59 Å². The van der Waals surface area contributed by atoms with Crippen molar-refractivity contribution in [1.82, 2.24) is 14.5 Å². The van der Waals surface area contributed by atoms with E-state index >= 15 is 0 Å². The van der Waals surface area contributed by atoms with Crippen LogP contribution in [-0.4, -0.2) is 33.5 Å². The number of piperidine rings is 1. The van der Waals surface area contributed by atoms with E-state index in [1.54, 1.807) is 31.7 Å². The Labute approximate surface area is 140 Å². The SMILES string of the molecule is CC1CCN(c2ncc(NC(=O)c3cccn(C)c3=O)cn2)CC1. The fourth-order valence-electron chi connectivity index (χ4n) is 2.73. The molecule has 0 unspecified atom stereocenters. The molecule has 0 aliphatic carbocycles. The molecular weight excluding hydrogens is 306 g/mol. The van der Waals surface area contributed by atoms with Gasteiger partial charge in [0, 0.05) is 26.3 Å². The fraction of sp³-hybridized carbons (Fsp3) is 0.412. The van der Waals surface area contributed by atoms with Crippen molar-refractivity contribution in [2.75, 3.05) is 23.3 Å². The number of hydrogen-bond donors (Lipinski definition) is 1. The van der Waals surface area contributed by atoms with Crippen LogP contribution < -0.4 is 15.8 Å². The van der Waals surface area contributed by atoms with Gasteiger partial charge in [0.1, 0.15) is 5.56 Å². The molecule has 1 fully saturated rings. The van der Waals surface area contributed by atoms with E-state index in [0.29, 0.717) is 11.6 Å². The smallest absolute Gasteiger partial charge is 0.263 e. The lowest BCUT2D eigenvalue weighted by Crippen LogP contribution is -2.34. The van der Waals surface area contributed by atoms with E-state index in [4.69, 9.17) is 0 Å². The number of carbonyl (C=O) groups is 1. The van der Waals surface area contributed by atoms with Crippen LogP contribution in [0.4, 0.5) is 11.6 Å². The first kappa shape index (κ1) is 16.2. The molecule has 126 valence electrons. The molecule has 1 aliphatic heterocycles. The summed E-state index contributed by atoms with van der Waals surface area (Å²) in [5.41, 5.74) is 0.226. The Morgan fingerprint density at radius 3 is 2.58 bits per heavy atom. The van der Waals surface area contributed by atoms with E-state index < -0.39 is 5.91 Å². The minimum Gasteiger partial charge on any atom is -0.341 e. The summed E-state index contributed by atoms with van der Waals surface area (Å²) >= 11 is 0. The Hall–Kier alpha value is -2.70. The standard InChI is InChI=1S/C17H21N5O2/c1-12-5-8-22(9-6-12)17-18-10-13(11-19-17)20-15(23)14-4-3-7-21(2)16(14)24/h3-4,7,10-12H,5-6,8-9H2,1-2H3,(H,20,23). The summed E-state index contributed by atoms with van der Waals surface area (Å²) in [5.74, 6) is 0.961. The molecule has 0 saturated carbocycles. The minimum atomic E-state index is -0.459. The average Bonchev–Trinajstić information content (AvgIpc) is 2.59. The van der Waals surface area contributed by atoms with Crippen molar-refractivity contribution >= 4 is 17.5 Å². The van der Waals surface area contributed by atoms with Crippen molar-refractivity contribution in [2.45, 2.75) is 19.8 Å². The molecular formula is C17H21N5O2. The fourth-order valence-corrected chi connectivity index (χ4v) is 2.73. The van der Waals surface area contributed by atoms with Crippen molar-refractivity contribution in [3.05, 3.63) is 46.6 Å². The zero-order valence-electron chi connectivity index (χ0n) is 13.9. The lowest BCUT2D eigenvalue weighted by molar-refractivity contribution is 0.102. The van der Waals surface area contributed by atoms with E-state index in [0.717, 1.165) is 31.8 Å². The van der Waals surface area contributed by atoms with Gasteiger partial charge in [-0.2, -0.15) is 0 Å². The molecule has 1 amide bonds. The number of aromatic nitrogens is 3. The Kier molecular flexibility index (Phi) is 4.59. The van der Waals surface area contributed by atoms with Gasteiger partial charge >= 0.3 is 0 Å².